The van der Waals surface area contributed by atoms with Crippen molar-refractivity contribution in [2.75, 3.05) is 33.4 Å². The average molecular weight is 282 g/mol. The van der Waals surface area contributed by atoms with E-state index in [1.165, 1.54) is 51.7 Å². The van der Waals surface area contributed by atoms with Crippen molar-refractivity contribution in [3.8, 4) is 0 Å². The van der Waals surface area contributed by atoms with Crippen LogP contribution < -0.4 is 5.73 Å². The zero-order chi connectivity index (χ0) is 14.5. The number of hydrogen-bond donors (Lipinski definition) is 1. The van der Waals surface area contributed by atoms with E-state index >= 15 is 0 Å². The maximum absolute atomic E-state index is 6.39. The van der Waals surface area contributed by atoms with Crippen LogP contribution in [0, 0.1) is 23.7 Å². The summed E-state index contributed by atoms with van der Waals surface area (Å²) in [6.45, 7) is 9.38. The molecular formula is C17H34N2O. The first-order valence-corrected chi connectivity index (χ1v) is 8.57. The molecule has 3 heteroatoms. The molecule has 118 valence electrons. The highest BCUT2D eigenvalue weighted by atomic mass is 16.5. The molecule has 3 unspecified atom stereocenters. The number of methoxy groups -OCH3 is 1. The lowest BCUT2D eigenvalue weighted by molar-refractivity contribution is 0.0775. The van der Waals surface area contributed by atoms with Gasteiger partial charge >= 0.3 is 0 Å². The first-order valence-electron chi connectivity index (χ1n) is 8.57. The minimum atomic E-state index is 0.432. The van der Waals surface area contributed by atoms with Crippen molar-refractivity contribution in [3.05, 3.63) is 0 Å². The fourth-order valence-electron chi connectivity index (χ4n) is 4.04. The van der Waals surface area contributed by atoms with Crippen LogP contribution in [0.25, 0.3) is 0 Å². The summed E-state index contributed by atoms with van der Waals surface area (Å²) in [6.07, 6.45) is 6.50. The smallest absolute Gasteiger partial charge is 0.0491 e. The fraction of sp³-hybridized carbons (Fsp3) is 1.00. The van der Waals surface area contributed by atoms with Gasteiger partial charge in [0.2, 0.25) is 0 Å². The van der Waals surface area contributed by atoms with E-state index in [1.807, 2.05) is 7.11 Å². The Kier molecular flexibility index (Phi) is 6.31. The third-order valence-corrected chi connectivity index (χ3v) is 5.63. The summed E-state index contributed by atoms with van der Waals surface area (Å²) >= 11 is 0. The van der Waals surface area contributed by atoms with Crippen LogP contribution in [-0.2, 0) is 4.74 Å². The molecule has 2 rings (SSSR count). The van der Waals surface area contributed by atoms with Gasteiger partial charge < -0.3 is 15.4 Å². The molecule has 1 saturated heterocycles. The summed E-state index contributed by atoms with van der Waals surface area (Å²) in [7, 11) is 1.82. The van der Waals surface area contributed by atoms with Gasteiger partial charge in [0, 0.05) is 26.3 Å². The third-order valence-electron chi connectivity index (χ3n) is 5.63. The molecule has 1 aliphatic heterocycles. The van der Waals surface area contributed by atoms with E-state index in [0.29, 0.717) is 6.04 Å². The quantitative estimate of drug-likeness (QED) is 0.842. The normalized spacial score (nSPS) is 33.8. The van der Waals surface area contributed by atoms with Crippen molar-refractivity contribution < 1.29 is 4.74 Å². The minimum absolute atomic E-state index is 0.432. The topological polar surface area (TPSA) is 38.5 Å². The number of nitrogens with zero attached hydrogens (tertiary/aromatic N) is 1. The fourth-order valence-corrected chi connectivity index (χ4v) is 4.04. The molecule has 1 saturated carbocycles. The summed E-state index contributed by atoms with van der Waals surface area (Å²) in [5, 5.41) is 0. The second-order valence-electron chi connectivity index (χ2n) is 7.44. The Bertz CT molecular complexity index is 274. The molecule has 2 N–H and O–H groups in total. The van der Waals surface area contributed by atoms with E-state index in [-0.39, 0.29) is 0 Å². The van der Waals surface area contributed by atoms with Gasteiger partial charge in [0.05, 0.1) is 0 Å². The maximum atomic E-state index is 6.39. The maximum Gasteiger partial charge on any atom is 0.0491 e. The number of ether oxygens (including phenoxy) is 1. The van der Waals surface area contributed by atoms with Gasteiger partial charge in [0.15, 0.2) is 0 Å². The van der Waals surface area contributed by atoms with E-state index in [1.54, 1.807) is 0 Å². The van der Waals surface area contributed by atoms with Gasteiger partial charge in [-0.2, -0.15) is 0 Å². The molecule has 2 fully saturated rings. The molecule has 2 aliphatic rings. The standard InChI is InChI=1S/C17H34N2O/c1-13(2)15-4-5-17(18)16(10-15)11-19-8-6-14(7-9-19)12-20-3/h13-17H,4-12,18H2,1-3H3. The summed E-state index contributed by atoms with van der Waals surface area (Å²) in [5.74, 6) is 3.21. The zero-order valence-electron chi connectivity index (χ0n) is 13.7. The Labute approximate surface area is 125 Å². The van der Waals surface area contributed by atoms with Gasteiger partial charge in [0.25, 0.3) is 0 Å². The number of likely N-dealkylation sites (tertiary alicyclic amines) is 1. The number of rotatable bonds is 5. The predicted molar refractivity (Wildman–Crippen MR) is 84.7 cm³/mol. The minimum Gasteiger partial charge on any atom is -0.384 e. The van der Waals surface area contributed by atoms with Gasteiger partial charge in [-0.1, -0.05) is 13.8 Å². The molecule has 0 spiro atoms. The van der Waals surface area contributed by atoms with Crippen LogP contribution in [-0.4, -0.2) is 44.3 Å². The van der Waals surface area contributed by atoms with Crippen LogP contribution in [0.1, 0.15) is 46.0 Å². The zero-order valence-corrected chi connectivity index (χ0v) is 13.7. The Balaban J connectivity index is 1.77. The van der Waals surface area contributed by atoms with Crippen LogP contribution in [0.2, 0.25) is 0 Å². The highest BCUT2D eigenvalue weighted by molar-refractivity contribution is 4.86. The van der Waals surface area contributed by atoms with Gasteiger partial charge in [-0.05, 0) is 68.9 Å². The van der Waals surface area contributed by atoms with E-state index in [0.717, 1.165) is 30.3 Å². The Morgan fingerprint density at radius 2 is 1.85 bits per heavy atom. The lowest BCUT2D eigenvalue weighted by Gasteiger charge is -2.40. The summed E-state index contributed by atoms with van der Waals surface area (Å²) in [5.41, 5.74) is 6.39. The van der Waals surface area contributed by atoms with E-state index in [4.69, 9.17) is 10.5 Å². The lowest BCUT2D eigenvalue weighted by Crippen LogP contribution is -2.46. The molecule has 3 nitrogen and oxygen atoms in total. The summed E-state index contributed by atoms with van der Waals surface area (Å²) < 4.78 is 5.29. The Morgan fingerprint density at radius 3 is 2.45 bits per heavy atom. The molecule has 0 aromatic rings. The van der Waals surface area contributed by atoms with Gasteiger partial charge in [-0.3, -0.25) is 0 Å². The molecular weight excluding hydrogens is 248 g/mol. The molecule has 0 radical (unpaired) electrons. The summed E-state index contributed by atoms with van der Waals surface area (Å²) in [6, 6.07) is 0.432. The molecule has 0 aromatic heterocycles. The van der Waals surface area contributed by atoms with Gasteiger partial charge in [-0.25, -0.2) is 0 Å². The number of nitrogens with two attached hydrogens (primary N) is 1. The molecule has 1 aliphatic carbocycles. The summed E-state index contributed by atoms with van der Waals surface area (Å²) in [4.78, 5) is 2.65. The number of hydrogen-bond acceptors (Lipinski definition) is 3. The molecule has 1 heterocycles. The van der Waals surface area contributed by atoms with Crippen molar-refractivity contribution in [2.45, 2.75) is 52.0 Å². The Hall–Kier alpha value is -0.120. The first-order chi connectivity index (χ1) is 9.60. The van der Waals surface area contributed by atoms with E-state index in [2.05, 4.69) is 18.7 Å². The van der Waals surface area contributed by atoms with Crippen LogP contribution in [0.5, 0.6) is 0 Å². The van der Waals surface area contributed by atoms with Gasteiger partial charge in [-0.15, -0.1) is 0 Å². The predicted octanol–water partition coefficient (Wildman–Crippen LogP) is 2.74. The first kappa shape index (κ1) is 16.3. The van der Waals surface area contributed by atoms with Crippen molar-refractivity contribution in [3.63, 3.8) is 0 Å². The SMILES string of the molecule is COCC1CCN(CC2CC(C(C)C)CCC2N)CC1. The molecule has 0 bridgehead atoms. The van der Waals surface area contributed by atoms with E-state index in [9.17, 15) is 0 Å². The highest BCUT2D eigenvalue weighted by Crippen LogP contribution is 2.34. The second-order valence-corrected chi connectivity index (χ2v) is 7.44. The lowest BCUT2D eigenvalue weighted by atomic mass is 9.73. The average Bonchev–Trinajstić information content (AvgIpc) is 2.43. The highest BCUT2D eigenvalue weighted by Gasteiger charge is 2.31. The largest absolute Gasteiger partial charge is 0.384 e. The molecule has 20 heavy (non-hydrogen) atoms. The van der Waals surface area contributed by atoms with Gasteiger partial charge in [0.1, 0.15) is 0 Å². The van der Waals surface area contributed by atoms with Crippen LogP contribution in [0.4, 0.5) is 0 Å². The molecule has 0 amide bonds. The number of piperidine rings is 1. The monoisotopic (exact) mass is 282 g/mol. The van der Waals surface area contributed by atoms with Crippen molar-refractivity contribution in [1.82, 2.24) is 4.90 Å². The van der Waals surface area contributed by atoms with Crippen LogP contribution >= 0.6 is 0 Å². The third kappa shape index (κ3) is 4.44. The van der Waals surface area contributed by atoms with Crippen molar-refractivity contribution >= 4 is 0 Å². The van der Waals surface area contributed by atoms with E-state index < -0.39 is 0 Å². The molecule has 3 atom stereocenters. The Morgan fingerprint density at radius 1 is 1.15 bits per heavy atom. The molecule has 0 aromatic carbocycles. The van der Waals surface area contributed by atoms with Crippen LogP contribution in [0.15, 0.2) is 0 Å². The van der Waals surface area contributed by atoms with Crippen LogP contribution in [0.3, 0.4) is 0 Å². The second kappa shape index (κ2) is 7.77. The van der Waals surface area contributed by atoms with Crippen molar-refractivity contribution in [2.24, 2.45) is 29.4 Å². The van der Waals surface area contributed by atoms with Crippen molar-refractivity contribution in [1.29, 1.82) is 0 Å².